The Labute approximate surface area is 128 Å². The van der Waals surface area contributed by atoms with Gasteiger partial charge in [-0.15, -0.1) is 0 Å². The molecule has 0 saturated heterocycles. The largest absolute Gasteiger partial charge is 0.392 e. The van der Waals surface area contributed by atoms with E-state index in [1.165, 1.54) is 0 Å². The summed E-state index contributed by atoms with van der Waals surface area (Å²) in [5.41, 5.74) is 4.01. The number of aromatic nitrogens is 2. The number of nitrogens with one attached hydrogen (secondary N) is 2. The van der Waals surface area contributed by atoms with Gasteiger partial charge >= 0.3 is 0 Å². The van der Waals surface area contributed by atoms with Crippen LogP contribution in [0.4, 0.5) is 0 Å². The average Bonchev–Trinajstić information content (AvgIpc) is 2.95. The number of aliphatic hydroxyl groups excluding tert-OH is 1. The molecular formula is C17H17N3O2. The fraction of sp³-hybridized carbons (Fsp3) is 0.176. The lowest BCUT2D eigenvalue weighted by Crippen LogP contribution is -2.24. The maximum atomic E-state index is 12.3. The molecule has 0 fully saturated rings. The minimum Gasteiger partial charge on any atom is -0.392 e. The van der Waals surface area contributed by atoms with Gasteiger partial charge in [0.15, 0.2) is 5.69 Å². The van der Waals surface area contributed by atoms with Crippen LogP contribution in [-0.2, 0) is 13.2 Å². The number of hydrogen-bond acceptors (Lipinski definition) is 3. The highest BCUT2D eigenvalue weighted by atomic mass is 16.3. The van der Waals surface area contributed by atoms with Crippen molar-refractivity contribution in [2.45, 2.75) is 20.1 Å². The first-order valence-corrected chi connectivity index (χ1v) is 7.09. The molecule has 0 bridgehead atoms. The monoisotopic (exact) mass is 295 g/mol. The van der Waals surface area contributed by atoms with Gasteiger partial charge < -0.3 is 10.4 Å². The molecule has 5 heteroatoms. The van der Waals surface area contributed by atoms with Crippen LogP contribution in [0.5, 0.6) is 0 Å². The van der Waals surface area contributed by atoms with Crippen LogP contribution in [0.2, 0.25) is 0 Å². The Kier molecular flexibility index (Phi) is 3.89. The highest BCUT2D eigenvalue weighted by Crippen LogP contribution is 2.17. The predicted molar refractivity (Wildman–Crippen MR) is 84.4 cm³/mol. The fourth-order valence-electron chi connectivity index (χ4n) is 2.44. The molecule has 22 heavy (non-hydrogen) atoms. The van der Waals surface area contributed by atoms with E-state index in [1.807, 2.05) is 49.4 Å². The Hall–Kier alpha value is -2.66. The molecule has 0 aliphatic heterocycles. The number of rotatable bonds is 4. The van der Waals surface area contributed by atoms with Gasteiger partial charge in [0.1, 0.15) is 0 Å². The smallest absolute Gasteiger partial charge is 0.272 e. The molecule has 0 atom stereocenters. The average molecular weight is 295 g/mol. The minimum absolute atomic E-state index is 0.0451. The second kappa shape index (κ2) is 5.99. The van der Waals surface area contributed by atoms with Gasteiger partial charge in [-0.2, -0.15) is 5.10 Å². The summed E-state index contributed by atoms with van der Waals surface area (Å²) in [5, 5.41) is 19.9. The van der Waals surface area contributed by atoms with E-state index in [0.717, 1.165) is 27.6 Å². The third kappa shape index (κ3) is 2.71. The molecule has 1 heterocycles. The molecule has 2 aromatic carbocycles. The van der Waals surface area contributed by atoms with Crippen LogP contribution in [0, 0.1) is 6.92 Å². The molecule has 0 aliphatic carbocycles. The first-order chi connectivity index (χ1) is 10.7. The van der Waals surface area contributed by atoms with E-state index in [1.54, 1.807) is 0 Å². The third-order valence-electron chi connectivity index (χ3n) is 3.66. The van der Waals surface area contributed by atoms with Gasteiger partial charge in [-0.05, 0) is 30.2 Å². The first-order valence-electron chi connectivity index (χ1n) is 7.09. The lowest BCUT2D eigenvalue weighted by Gasteiger charge is -2.08. The maximum absolute atomic E-state index is 12.3. The zero-order valence-electron chi connectivity index (χ0n) is 12.3. The summed E-state index contributed by atoms with van der Waals surface area (Å²) < 4.78 is 0. The number of H-pyrrole nitrogens is 1. The van der Waals surface area contributed by atoms with E-state index in [9.17, 15) is 9.90 Å². The summed E-state index contributed by atoms with van der Waals surface area (Å²) >= 11 is 0. The predicted octanol–water partition coefficient (Wildman–Crippen LogP) is 2.29. The zero-order chi connectivity index (χ0) is 15.5. The number of carbonyl (C=O) groups excluding carboxylic acids is 1. The van der Waals surface area contributed by atoms with Crippen LogP contribution in [0.1, 0.15) is 27.2 Å². The molecule has 112 valence electrons. The topological polar surface area (TPSA) is 78.0 Å². The molecule has 3 N–H and O–H groups in total. The standard InChI is InChI=1S/C17H17N3O2/c1-11-6-7-15-14(8-11)16(20-19-15)17(22)18-9-12-4-2-3-5-13(12)10-21/h2-8,21H,9-10H2,1H3,(H,18,22)(H,19,20). The molecule has 0 unspecified atom stereocenters. The van der Waals surface area contributed by atoms with Crippen molar-refractivity contribution >= 4 is 16.8 Å². The van der Waals surface area contributed by atoms with Crippen LogP contribution >= 0.6 is 0 Å². The molecule has 0 aliphatic rings. The van der Waals surface area contributed by atoms with Crippen molar-refractivity contribution in [3.63, 3.8) is 0 Å². The van der Waals surface area contributed by atoms with Gasteiger partial charge in [-0.25, -0.2) is 0 Å². The van der Waals surface area contributed by atoms with Gasteiger partial charge in [0, 0.05) is 11.9 Å². The lowest BCUT2D eigenvalue weighted by molar-refractivity contribution is 0.0947. The summed E-state index contributed by atoms with van der Waals surface area (Å²) in [4.78, 5) is 12.3. The van der Waals surface area contributed by atoms with E-state index >= 15 is 0 Å². The molecule has 3 rings (SSSR count). The number of nitrogens with zero attached hydrogens (tertiary/aromatic N) is 1. The molecule has 0 radical (unpaired) electrons. The summed E-state index contributed by atoms with van der Waals surface area (Å²) in [6.45, 7) is 2.29. The normalized spacial score (nSPS) is 10.8. The number of aromatic amines is 1. The number of fused-ring (bicyclic) bond motifs is 1. The van der Waals surface area contributed by atoms with Crippen LogP contribution < -0.4 is 5.32 Å². The second-order valence-electron chi connectivity index (χ2n) is 5.23. The quantitative estimate of drug-likeness (QED) is 0.691. The van der Waals surface area contributed by atoms with Crippen molar-refractivity contribution in [3.05, 3.63) is 64.8 Å². The zero-order valence-corrected chi connectivity index (χ0v) is 12.3. The van der Waals surface area contributed by atoms with Crippen LogP contribution in [0.25, 0.3) is 10.9 Å². The number of carbonyl (C=O) groups is 1. The maximum Gasteiger partial charge on any atom is 0.272 e. The second-order valence-corrected chi connectivity index (χ2v) is 5.23. The Bertz CT molecular complexity index is 824. The number of benzene rings is 2. The van der Waals surface area contributed by atoms with E-state index in [4.69, 9.17) is 0 Å². The van der Waals surface area contributed by atoms with Gasteiger partial charge in [0.2, 0.25) is 0 Å². The first kappa shape index (κ1) is 14.3. The third-order valence-corrected chi connectivity index (χ3v) is 3.66. The molecule has 0 spiro atoms. The van der Waals surface area contributed by atoms with Crippen molar-refractivity contribution in [1.82, 2.24) is 15.5 Å². The number of aryl methyl sites for hydroxylation is 1. The SMILES string of the molecule is Cc1ccc2[nH]nc(C(=O)NCc3ccccc3CO)c2c1. The van der Waals surface area contributed by atoms with Gasteiger partial charge in [0.25, 0.3) is 5.91 Å². The van der Waals surface area contributed by atoms with Crippen LogP contribution in [0.3, 0.4) is 0 Å². The summed E-state index contributed by atoms with van der Waals surface area (Å²) in [6, 6.07) is 13.3. The Morgan fingerprint density at radius 3 is 2.77 bits per heavy atom. The lowest BCUT2D eigenvalue weighted by atomic mass is 10.1. The van der Waals surface area contributed by atoms with Crippen molar-refractivity contribution in [3.8, 4) is 0 Å². The number of aliphatic hydroxyl groups is 1. The number of hydrogen-bond donors (Lipinski definition) is 3. The number of amides is 1. The minimum atomic E-state index is -0.232. The van der Waals surface area contributed by atoms with E-state index in [2.05, 4.69) is 15.5 Å². The van der Waals surface area contributed by atoms with Gasteiger partial charge in [-0.1, -0.05) is 35.9 Å². The van der Waals surface area contributed by atoms with E-state index in [0.29, 0.717) is 12.2 Å². The molecule has 1 amide bonds. The summed E-state index contributed by atoms with van der Waals surface area (Å²) in [7, 11) is 0. The van der Waals surface area contributed by atoms with Crippen molar-refractivity contribution in [2.75, 3.05) is 0 Å². The highest BCUT2D eigenvalue weighted by Gasteiger charge is 2.14. The highest BCUT2D eigenvalue weighted by molar-refractivity contribution is 6.04. The fourth-order valence-corrected chi connectivity index (χ4v) is 2.44. The summed E-state index contributed by atoms with van der Waals surface area (Å²) in [5.74, 6) is -0.232. The Morgan fingerprint density at radius 2 is 2.00 bits per heavy atom. The Balaban J connectivity index is 1.80. The van der Waals surface area contributed by atoms with Gasteiger partial charge in [0.05, 0.1) is 12.1 Å². The molecule has 0 saturated carbocycles. The van der Waals surface area contributed by atoms with Crippen molar-refractivity contribution < 1.29 is 9.90 Å². The van der Waals surface area contributed by atoms with Crippen molar-refractivity contribution in [1.29, 1.82) is 0 Å². The molecule has 3 aromatic rings. The Morgan fingerprint density at radius 1 is 1.23 bits per heavy atom. The van der Waals surface area contributed by atoms with Crippen LogP contribution in [-0.4, -0.2) is 21.2 Å². The molecule has 1 aromatic heterocycles. The van der Waals surface area contributed by atoms with Crippen molar-refractivity contribution in [2.24, 2.45) is 0 Å². The molecule has 5 nitrogen and oxygen atoms in total. The summed E-state index contributed by atoms with van der Waals surface area (Å²) in [6.07, 6.45) is 0. The van der Waals surface area contributed by atoms with Crippen LogP contribution in [0.15, 0.2) is 42.5 Å². The van der Waals surface area contributed by atoms with Gasteiger partial charge in [-0.3, -0.25) is 9.89 Å². The van der Waals surface area contributed by atoms with E-state index < -0.39 is 0 Å². The molecular weight excluding hydrogens is 278 g/mol. The van der Waals surface area contributed by atoms with E-state index in [-0.39, 0.29) is 12.5 Å².